The Bertz CT molecular complexity index is 1130. The van der Waals surface area contributed by atoms with Gasteiger partial charge in [0.2, 0.25) is 27.2 Å². The number of carbonyl (C=O) groups excluding carboxylic acids is 2. The molecule has 0 aromatic heterocycles. The van der Waals surface area contributed by atoms with E-state index < -0.39 is 44.8 Å². The number of anilines is 1. The molecule has 0 aliphatic heterocycles. The average Bonchev–Trinajstić information content (AvgIpc) is 2.81. The number of nitriles is 1. The number of unbranched alkanes of at least 4 members (excludes halogenated alkanes) is 2. The van der Waals surface area contributed by atoms with Crippen molar-refractivity contribution in [3.63, 3.8) is 0 Å². The lowest BCUT2D eigenvalue weighted by atomic mass is 9.88. The van der Waals surface area contributed by atoms with E-state index in [9.17, 15) is 27.5 Å². The van der Waals surface area contributed by atoms with Crippen molar-refractivity contribution in [3.05, 3.63) is 23.8 Å². The highest BCUT2D eigenvalue weighted by atomic mass is 32.2. The third-order valence-electron chi connectivity index (χ3n) is 5.43. The first kappa shape index (κ1) is 32.3. The van der Waals surface area contributed by atoms with E-state index in [1.807, 2.05) is 13.0 Å². The maximum atomic E-state index is 12.6. The van der Waals surface area contributed by atoms with Gasteiger partial charge in [-0.3, -0.25) is 19.6 Å². The molecule has 3 unspecified atom stereocenters. The minimum absolute atomic E-state index is 0.0210. The topological polar surface area (TPSA) is 190 Å². The van der Waals surface area contributed by atoms with Crippen LogP contribution in [0.4, 0.5) is 5.69 Å². The van der Waals surface area contributed by atoms with Crippen LogP contribution in [0, 0.1) is 30.1 Å². The molecule has 1 aromatic carbocycles. The molecule has 37 heavy (non-hydrogen) atoms. The largest absolute Gasteiger partial charge is 0.355 e. The van der Waals surface area contributed by atoms with Crippen LogP contribution in [0.1, 0.15) is 52.0 Å². The van der Waals surface area contributed by atoms with Gasteiger partial charge in [-0.1, -0.05) is 20.3 Å². The molecule has 0 aliphatic carbocycles. The van der Waals surface area contributed by atoms with Crippen molar-refractivity contribution >= 4 is 44.4 Å². The summed E-state index contributed by atoms with van der Waals surface area (Å²) in [5.74, 6) is -2.73. The van der Waals surface area contributed by atoms with Crippen LogP contribution in [-0.2, 0) is 30.9 Å². The molecule has 1 aromatic rings. The van der Waals surface area contributed by atoms with Crippen molar-refractivity contribution in [2.45, 2.75) is 58.3 Å². The number of hydrogen-bond donors (Lipinski definition) is 5. The number of hydrazone groups is 1. The summed E-state index contributed by atoms with van der Waals surface area (Å²) in [7, 11) is -3.78. The smallest absolute Gasteiger partial charge is 0.240 e. The van der Waals surface area contributed by atoms with Crippen molar-refractivity contribution < 1.29 is 26.8 Å². The van der Waals surface area contributed by atoms with Gasteiger partial charge in [0.15, 0.2) is 5.78 Å². The minimum Gasteiger partial charge on any atom is -0.355 e. The van der Waals surface area contributed by atoms with E-state index in [2.05, 4.69) is 25.3 Å². The summed E-state index contributed by atoms with van der Waals surface area (Å²) in [6, 6.07) is 6.41. The molecule has 0 aliphatic rings. The third kappa shape index (κ3) is 11.1. The number of benzene rings is 1. The zero-order chi connectivity index (χ0) is 28.0. The van der Waals surface area contributed by atoms with Gasteiger partial charge in [0.25, 0.3) is 0 Å². The van der Waals surface area contributed by atoms with Crippen molar-refractivity contribution in [1.29, 1.82) is 5.26 Å². The van der Waals surface area contributed by atoms with Crippen LogP contribution in [0.25, 0.3) is 0 Å². The second kappa shape index (κ2) is 16.2. The summed E-state index contributed by atoms with van der Waals surface area (Å²) < 4.78 is 49.3. The molecule has 1 rings (SSSR count). The van der Waals surface area contributed by atoms with Crippen LogP contribution in [0.3, 0.4) is 0 Å². The third-order valence-corrected chi connectivity index (χ3v) is 7.51. The lowest BCUT2D eigenvalue weighted by Gasteiger charge is -2.18. The van der Waals surface area contributed by atoms with E-state index >= 15 is 0 Å². The zero-order valence-corrected chi connectivity index (χ0v) is 23.2. The Balaban J connectivity index is 2.90. The van der Waals surface area contributed by atoms with Crippen LogP contribution < -0.4 is 20.2 Å². The van der Waals surface area contributed by atoms with Crippen molar-refractivity contribution in [3.8, 4) is 6.07 Å². The first-order valence-corrected chi connectivity index (χ1v) is 14.5. The lowest BCUT2D eigenvalue weighted by Crippen LogP contribution is -2.38. The van der Waals surface area contributed by atoms with Gasteiger partial charge in [0.05, 0.1) is 16.7 Å². The Morgan fingerprint density at radius 2 is 1.86 bits per heavy atom. The highest BCUT2D eigenvalue weighted by Crippen LogP contribution is 2.21. The molecule has 0 bridgehead atoms. The fourth-order valence-electron chi connectivity index (χ4n) is 3.39. The maximum Gasteiger partial charge on any atom is 0.240 e. The van der Waals surface area contributed by atoms with E-state index in [0.717, 1.165) is 12.8 Å². The predicted molar refractivity (Wildman–Crippen MR) is 142 cm³/mol. The second-order valence-electron chi connectivity index (χ2n) is 8.43. The summed E-state index contributed by atoms with van der Waals surface area (Å²) in [5.41, 5.74) is 3.61. The number of sulfonamides is 1. The second-order valence-corrected chi connectivity index (χ2v) is 11.0. The van der Waals surface area contributed by atoms with Crippen molar-refractivity contribution in [2.75, 3.05) is 25.1 Å². The molecule has 0 fully saturated rings. The Morgan fingerprint density at radius 1 is 1.19 bits per heavy atom. The minimum atomic E-state index is -3.78. The fraction of sp³-hybridized carbons (Fsp3) is 0.565. The van der Waals surface area contributed by atoms with E-state index in [1.165, 1.54) is 19.1 Å². The van der Waals surface area contributed by atoms with E-state index in [1.54, 1.807) is 19.9 Å². The fourth-order valence-corrected chi connectivity index (χ4v) is 5.01. The monoisotopic (exact) mass is 556 g/mol. The van der Waals surface area contributed by atoms with E-state index in [0.29, 0.717) is 30.6 Å². The first-order chi connectivity index (χ1) is 17.4. The number of Topliss-reactive ketones (excluding diaryl/α,β-unsaturated/α-hetero) is 1. The molecule has 5 N–H and O–H groups in total. The van der Waals surface area contributed by atoms with Crippen molar-refractivity contribution in [2.24, 2.45) is 16.9 Å². The molecule has 1 amide bonds. The summed E-state index contributed by atoms with van der Waals surface area (Å²) in [4.78, 5) is 24.7. The number of carbonyl (C=O) groups is 2. The predicted octanol–water partition coefficient (Wildman–Crippen LogP) is 1.83. The molecular weight excluding hydrogens is 520 g/mol. The number of rotatable bonds is 17. The Hall–Kier alpha value is -2.70. The molecule has 3 atom stereocenters. The van der Waals surface area contributed by atoms with E-state index in [-0.39, 0.29) is 23.7 Å². The number of amides is 1. The van der Waals surface area contributed by atoms with Crippen LogP contribution in [0.15, 0.2) is 28.2 Å². The molecule has 0 saturated carbocycles. The summed E-state index contributed by atoms with van der Waals surface area (Å²) in [6.07, 6.45) is 2.65. The first-order valence-electron chi connectivity index (χ1n) is 11.9. The average molecular weight is 557 g/mol. The van der Waals surface area contributed by atoms with Gasteiger partial charge in [-0.25, -0.2) is 22.1 Å². The molecule has 0 spiro atoms. The van der Waals surface area contributed by atoms with Crippen LogP contribution >= 0.6 is 0 Å². The van der Waals surface area contributed by atoms with Gasteiger partial charge in [-0.15, -0.1) is 0 Å². The molecule has 206 valence electrons. The van der Waals surface area contributed by atoms with Crippen molar-refractivity contribution in [1.82, 2.24) is 14.8 Å². The van der Waals surface area contributed by atoms with Gasteiger partial charge in [-0.05, 0) is 49.9 Å². The number of hydrogen-bond acceptors (Lipinski definition) is 8. The Kier molecular flexibility index (Phi) is 14.2. The van der Waals surface area contributed by atoms with Gasteiger partial charge in [0, 0.05) is 32.5 Å². The van der Waals surface area contributed by atoms with Gasteiger partial charge in [-0.2, -0.15) is 10.4 Å². The summed E-state index contributed by atoms with van der Waals surface area (Å²) in [5, 5.41) is 16.4. The van der Waals surface area contributed by atoms with Gasteiger partial charge in [0.1, 0.15) is 11.6 Å². The molecule has 12 nitrogen and oxygen atoms in total. The SMILES string of the molecule is CCCCNC(=O)C(C#N)C(C)C(=NNc1ccc(S(=O)(=O)NCCCCNS(=O)O)c(C)c1)C(C)=O. The zero-order valence-electron chi connectivity index (χ0n) is 21.5. The molecule has 14 heteroatoms. The Morgan fingerprint density at radius 3 is 2.43 bits per heavy atom. The standard InChI is InChI=1S/C23H36N6O6S2/c1-5-6-11-25-23(31)20(15-24)17(3)22(18(4)30)29-28-19-9-10-21(16(2)14-19)37(34,35)27-13-8-7-12-26-36(32)33/h9-10,14,17,20,26-28H,5-8,11-13H2,1-4H3,(H,25,31)(H,32,33). The van der Waals surface area contributed by atoms with E-state index in [4.69, 9.17) is 4.55 Å². The molecule has 0 heterocycles. The van der Waals surface area contributed by atoms with Crippen LogP contribution in [-0.4, -0.2) is 54.2 Å². The number of nitrogens with one attached hydrogen (secondary N) is 4. The summed E-state index contributed by atoms with van der Waals surface area (Å²) in [6.45, 7) is 7.37. The highest BCUT2D eigenvalue weighted by Gasteiger charge is 2.30. The van der Waals surface area contributed by atoms with Gasteiger partial charge >= 0.3 is 0 Å². The normalized spacial score (nSPS) is 14.3. The number of nitrogens with zero attached hydrogens (tertiary/aromatic N) is 2. The quantitative estimate of drug-likeness (QED) is 0.0830. The summed E-state index contributed by atoms with van der Waals surface area (Å²) >= 11 is -2.10. The van der Waals surface area contributed by atoms with Crippen LogP contribution in [0.5, 0.6) is 0 Å². The highest BCUT2D eigenvalue weighted by molar-refractivity contribution is 7.89. The van der Waals surface area contributed by atoms with Crippen LogP contribution in [0.2, 0.25) is 0 Å². The molecule has 0 saturated heterocycles. The van der Waals surface area contributed by atoms with Gasteiger partial charge < -0.3 is 5.32 Å². The Labute approximate surface area is 221 Å². The molecule has 0 radical (unpaired) electrons. The molecular formula is C23H36N6O6S2. The maximum absolute atomic E-state index is 12.6. The lowest BCUT2D eigenvalue weighted by molar-refractivity contribution is -0.124. The number of ketones is 1. The number of aryl methyl sites for hydroxylation is 1.